The van der Waals surface area contributed by atoms with Crippen molar-refractivity contribution in [3.63, 3.8) is 0 Å². The first-order valence-corrected chi connectivity index (χ1v) is 10.9. The van der Waals surface area contributed by atoms with Crippen molar-refractivity contribution in [3.8, 4) is 5.75 Å². The summed E-state index contributed by atoms with van der Waals surface area (Å²) >= 11 is 9.23. The summed E-state index contributed by atoms with van der Waals surface area (Å²) in [6, 6.07) is 15.6. The lowest BCUT2D eigenvalue weighted by atomic mass is 10.3. The average Bonchev–Trinajstić information content (AvgIpc) is 3.29. The van der Waals surface area contributed by atoms with E-state index >= 15 is 0 Å². The van der Waals surface area contributed by atoms with Crippen molar-refractivity contribution in [3.05, 3.63) is 69.6 Å². The zero-order valence-electron chi connectivity index (χ0n) is 14.8. The Kier molecular flexibility index (Phi) is 5.66. The summed E-state index contributed by atoms with van der Waals surface area (Å²) < 4.78 is 8.01. The summed E-state index contributed by atoms with van der Waals surface area (Å²) in [7, 11) is 0. The second-order valence-corrected chi connectivity index (χ2v) is 8.21. The smallest absolute Gasteiger partial charge is 0.169 e. The van der Waals surface area contributed by atoms with Gasteiger partial charge in [0.1, 0.15) is 17.4 Å². The molecule has 0 amide bonds. The Morgan fingerprint density at radius 3 is 2.74 bits per heavy atom. The molecule has 2 aromatic heterocycles. The number of aryl methyl sites for hydroxylation is 1. The summed E-state index contributed by atoms with van der Waals surface area (Å²) in [6.07, 6.45) is 0. The number of rotatable bonds is 7. The van der Waals surface area contributed by atoms with E-state index in [2.05, 4.69) is 40.1 Å². The Morgan fingerprint density at radius 2 is 1.93 bits per heavy atom. The minimum atomic E-state index is 0.463. The van der Waals surface area contributed by atoms with Gasteiger partial charge in [0, 0.05) is 22.7 Å². The lowest BCUT2D eigenvalue weighted by Crippen LogP contribution is -1.97. The zero-order chi connectivity index (χ0) is 18.6. The number of para-hydroxylation sites is 2. The highest BCUT2D eigenvalue weighted by atomic mass is 35.5. The van der Waals surface area contributed by atoms with Crippen molar-refractivity contribution in [2.45, 2.75) is 31.0 Å². The van der Waals surface area contributed by atoms with E-state index in [1.54, 1.807) is 23.1 Å². The highest BCUT2D eigenvalue weighted by Gasteiger charge is 2.11. The number of benzene rings is 2. The van der Waals surface area contributed by atoms with Crippen LogP contribution in [0.3, 0.4) is 0 Å². The molecule has 0 spiro atoms. The third-order valence-electron chi connectivity index (χ3n) is 4.06. The van der Waals surface area contributed by atoms with Gasteiger partial charge in [-0.25, -0.2) is 9.97 Å². The van der Waals surface area contributed by atoms with Crippen LogP contribution in [0.25, 0.3) is 11.0 Å². The number of fused-ring (bicyclic) bond motifs is 1. The second-order valence-electron chi connectivity index (χ2n) is 5.89. The summed E-state index contributed by atoms with van der Waals surface area (Å²) in [5.41, 5.74) is 3.27. The molecular formula is C20H18ClN3OS2. The van der Waals surface area contributed by atoms with E-state index in [0.717, 1.165) is 39.4 Å². The zero-order valence-corrected chi connectivity index (χ0v) is 17.2. The molecule has 7 heteroatoms. The molecule has 0 aliphatic heterocycles. The van der Waals surface area contributed by atoms with Crippen molar-refractivity contribution < 1.29 is 4.74 Å². The average molecular weight is 416 g/mol. The normalized spacial score (nSPS) is 11.2. The standard InChI is InChI=1S/C20H18ClN3OS2/c1-2-24-18-6-4-3-5-17(18)23-20(24)27-13-15-12-26-19(22-15)11-25-16-9-7-14(21)8-10-16/h3-10,12H,2,11,13H2,1H3. The van der Waals surface area contributed by atoms with Crippen LogP contribution in [0, 0.1) is 0 Å². The number of ether oxygens (including phenoxy) is 1. The van der Waals surface area contributed by atoms with E-state index in [0.29, 0.717) is 11.6 Å². The number of hydrogen-bond donors (Lipinski definition) is 0. The van der Waals surface area contributed by atoms with Gasteiger partial charge in [-0.3, -0.25) is 0 Å². The molecule has 0 unspecified atom stereocenters. The molecule has 2 heterocycles. The van der Waals surface area contributed by atoms with Crippen LogP contribution in [0.1, 0.15) is 17.6 Å². The molecule has 0 aliphatic carbocycles. The van der Waals surface area contributed by atoms with Crippen molar-refractivity contribution in [1.82, 2.24) is 14.5 Å². The minimum absolute atomic E-state index is 0.463. The van der Waals surface area contributed by atoms with Gasteiger partial charge in [-0.15, -0.1) is 11.3 Å². The maximum Gasteiger partial charge on any atom is 0.169 e. The summed E-state index contributed by atoms with van der Waals surface area (Å²) in [6.45, 7) is 3.51. The van der Waals surface area contributed by atoms with E-state index in [1.165, 1.54) is 5.52 Å². The first kappa shape index (κ1) is 18.3. The third kappa shape index (κ3) is 4.29. The van der Waals surface area contributed by atoms with Crippen LogP contribution in [0.4, 0.5) is 0 Å². The molecule has 0 radical (unpaired) electrons. The number of nitrogens with zero attached hydrogens (tertiary/aromatic N) is 3. The van der Waals surface area contributed by atoms with Gasteiger partial charge in [-0.2, -0.15) is 0 Å². The maximum atomic E-state index is 5.89. The van der Waals surface area contributed by atoms with Crippen molar-refractivity contribution in [2.24, 2.45) is 0 Å². The van der Waals surface area contributed by atoms with Crippen LogP contribution in [0.15, 0.2) is 59.1 Å². The third-order valence-corrected chi connectivity index (χ3v) is 6.19. The van der Waals surface area contributed by atoms with E-state index in [4.69, 9.17) is 21.3 Å². The largest absolute Gasteiger partial charge is 0.486 e. The van der Waals surface area contributed by atoms with Crippen molar-refractivity contribution in [2.75, 3.05) is 0 Å². The van der Waals surface area contributed by atoms with Crippen LogP contribution in [-0.4, -0.2) is 14.5 Å². The van der Waals surface area contributed by atoms with Gasteiger partial charge in [0.2, 0.25) is 0 Å². The fourth-order valence-electron chi connectivity index (χ4n) is 2.77. The first-order chi connectivity index (χ1) is 13.2. The van der Waals surface area contributed by atoms with Gasteiger partial charge < -0.3 is 9.30 Å². The van der Waals surface area contributed by atoms with Gasteiger partial charge >= 0.3 is 0 Å². The van der Waals surface area contributed by atoms with Crippen molar-refractivity contribution >= 4 is 45.7 Å². The van der Waals surface area contributed by atoms with E-state index in [1.807, 2.05) is 30.3 Å². The molecule has 138 valence electrons. The first-order valence-electron chi connectivity index (χ1n) is 8.62. The quantitative estimate of drug-likeness (QED) is 0.345. The predicted molar refractivity (Wildman–Crippen MR) is 113 cm³/mol. The van der Waals surface area contributed by atoms with Gasteiger partial charge in [0.25, 0.3) is 0 Å². The van der Waals surface area contributed by atoms with Crippen LogP contribution in [0.5, 0.6) is 5.75 Å². The van der Waals surface area contributed by atoms with Crippen LogP contribution in [0.2, 0.25) is 5.02 Å². The number of halogens is 1. The number of thioether (sulfide) groups is 1. The molecule has 0 bridgehead atoms. The SMILES string of the molecule is CCn1c(SCc2csc(COc3ccc(Cl)cc3)n2)nc2ccccc21. The number of aromatic nitrogens is 3. The van der Waals surface area contributed by atoms with E-state index < -0.39 is 0 Å². The molecular weight excluding hydrogens is 398 g/mol. The molecule has 4 rings (SSSR count). The van der Waals surface area contributed by atoms with E-state index in [9.17, 15) is 0 Å². The van der Waals surface area contributed by atoms with Gasteiger partial charge in [0.05, 0.1) is 16.7 Å². The van der Waals surface area contributed by atoms with Gasteiger partial charge in [-0.1, -0.05) is 35.5 Å². The number of thiazole rings is 1. The number of imidazole rings is 1. The monoisotopic (exact) mass is 415 g/mol. The topological polar surface area (TPSA) is 39.9 Å². The molecule has 4 aromatic rings. The lowest BCUT2D eigenvalue weighted by Gasteiger charge is -2.04. The Labute approximate surface area is 171 Å². The van der Waals surface area contributed by atoms with Crippen LogP contribution in [-0.2, 0) is 18.9 Å². The predicted octanol–water partition coefficient (Wildman–Crippen LogP) is 6.04. The Hall–Kier alpha value is -2.02. The highest BCUT2D eigenvalue weighted by Crippen LogP contribution is 2.27. The minimum Gasteiger partial charge on any atom is -0.486 e. The Morgan fingerprint density at radius 1 is 1.11 bits per heavy atom. The van der Waals surface area contributed by atoms with Crippen LogP contribution >= 0.6 is 34.7 Å². The second kappa shape index (κ2) is 8.33. The summed E-state index contributed by atoms with van der Waals surface area (Å²) in [4.78, 5) is 9.43. The molecule has 0 N–H and O–H groups in total. The molecule has 0 atom stereocenters. The fraction of sp³-hybridized carbons (Fsp3) is 0.200. The van der Waals surface area contributed by atoms with E-state index in [-0.39, 0.29) is 0 Å². The fourth-order valence-corrected chi connectivity index (χ4v) is 4.67. The molecule has 4 nitrogen and oxygen atoms in total. The molecule has 27 heavy (non-hydrogen) atoms. The van der Waals surface area contributed by atoms with Crippen molar-refractivity contribution in [1.29, 1.82) is 0 Å². The van der Waals surface area contributed by atoms with Gasteiger partial charge in [0.15, 0.2) is 5.16 Å². The lowest BCUT2D eigenvalue weighted by molar-refractivity contribution is 0.305. The number of hydrogen-bond acceptors (Lipinski definition) is 5. The highest BCUT2D eigenvalue weighted by molar-refractivity contribution is 7.98. The Bertz CT molecular complexity index is 1040. The molecule has 0 aliphatic rings. The van der Waals surface area contributed by atoms with Crippen LogP contribution < -0.4 is 4.74 Å². The summed E-state index contributed by atoms with van der Waals surface area (Å²) in [5, 5.41) is 4.79. The molecule has 0 saturated heterocycles. The summed E-state index contributed by atoms with van der Waals surface area (Å²) in [5.74, 6) is 1.59. The molecule has 0 saturated carbocycles. The Balaban J connectivity index is 1.39. The molecule has 0 fully saturated rings. The molecule has 2 aromatic carbocycles. The van der Waals surface area contributed by atoms with Gasteiger partial charge in [-0.05, 0) is 43.3 Å². The maximum absolute atomic E-state index is 5.89.